The van der Waals surface area contributed by atoms with Gasteiger partial charge in [-0.05, 0) is 19.3 Å². The molecule has 17 heavy (non-hydrogen) atoms. The van der Waals surface area contributed by atoms with Crippen LogP contribution in [0.4, 0.5) is 0 Å². The first kappa shape index (κ1) is 15.3. The van der Waals surface area contributed by atoms with Crippen LogP contribution in [0.5, 0.6) is 0 Å². The van der Waals surface area contributed by atoms with Crippen molar-refractivity contribution in [2.75, 3.05) is 45.3 Å². The van der Waals surface area contributed by atoms with Gasteiger partial charge in [-0.25, -0.2) is 0 Å². The molecule has 1 aliphatic rings. The molecule has 0 aromatic carbocycles. The van der Waals surface area contributed by atoms with Crippen molar-refractivity contribution >= 4 is 11.8 Å². The molecule has 1 aliphatic heterocycles. The zero-order valence-electron chi connectivity index (χ0n) is 11.1. The van der Waals surface area contributed by atoms with Crippen LogP contribution in [0.15, 0.2) is 0 Å². The summed E-state index contributed by atoms with van der Waals surface area (Å²) in [6.45, 7) is 7.94. The van der Waals surface area contributed by atoms with Crippen molar-refractivity contribution in [1.29, 1.82) is 0 Å². The summed E-state index contributed by atoms with van der Waals surface area (Å²) in [5.41, 5.74) is 0. The molecule has 0 amide bonds. The van der Waals surface area contributed by atoms with Gasteiger partial charge in [-0.2, -0.15) is 11.8 Å². The summed E-state index contributed by atoms with van der Waals surface area (Å²) < 4.78 is 10.8. The Morgan fingerprint density at radius 2 is 2.06 bits per heavy atom. The van der Waals surface area contributed by atoms with E-state index in [1.54, 1.807) is 0 Å². The van der Waals surface area contributed by atoms with Crippen LogP contribution in [-0.4, -0.2) is 50.5 Å². The lowest BCUT2D eigenvalue weighted by atomic mass is 10.2. The smallest absolute Gasteiger partial charge is 0.0590 e. The Balaban J connectivity index is 1.75. The number of unbranched alkanes of at least 4 members (excludes halogenated alkanes) is 1. The second kappa shape index (κ2) is 11.3. The molecule has 0 unspecified atom stereocenters. The maximum atomic E-state index is 5.48. The van der Waals surface area contributed by atoms with E-state index in [1.807, 2.05) is 0 Å². The molecule has 1 saturated heterocycles. The first-order chi connectivity index (χ1) is 8.43. The van der Waals surface area contributed by atoms with Crippen molar-refractivity contribution in [1.82, 2.24) is 5.32 Å². The van der Waals surface area contributed by atoms with Gasteiger partial charge in [0.25, 0.3) is 0 Å². The van der Waals surface area contributed by atoms with Crippen molar-refractivity contribution in [2.45, 2.75) is 37.9 Å². The van der Waals surface area contributed by atoms with E-state index in [9.17, 15) is 0 Å². The van der Waals surface area contributed by atoms with Crippen molar-refractivity contribution in [2.24, 2.45) is 0 Å². The summed E-state index contributed by atoms with van der Waals surface area (Å²) in [6.07, 6.45) is 4.85. The predicted molar refractivity (Wildman–Crippen MR) is 74.9 cm³/mol. The van der Waals surface area contributed by atoms with Gasteiger partial charge < -0.3 is 14.8 Å². The van der Waals surface area contributed by atoms with Crippen molar-refractivity contribution in [3.8, 4) is 0 Å². The minimum atomic E-state index is 0.825. The molecule has 0 bridgehead atoms. The third kappa shape index (κ3) is 8.89. The molecule has 0 atom stereocenters. The molecule has 0 saturated carbocycles. The van der Waals surface area contributed by atoms with Crippen molar-refractivity contribution < 1.29 is 9.47 Å². The van der Waals surface area contributed by atoms with Crippen LogP contribution < -0.4 is 5.32 Å². The van der Waals surface area contributed by atoms with Gasteiger partial charge >= 0.3 is 0 Å². The lowest BCUT2D eigenvalue weighted by Gasteiger charge is -2.21. The summed E-state index contributed by atoms with van der Waals surface area (Å²) in [5, 5.41) is 4.25. The number of ether oxygens (including phenoxy) is 2. The highest BCUT2D eigenvalue weighted by molar-refractivity contribution is 7.99. The van der Waals surface area contributed by atoms with Crippen molar-refractivity contribution in [3.05, 3.63) is 0 Å². The van der Waals surface area contributed by atoms with E-state index in [0.717, 1.165) is 44.8 Å². The normalized spacial score (nSPS) is 17.5. The standard InChI is InChI=1S/C13H27NO2S/c1-2-3-8-15-11-6-14-7-12-17-13-4-9-16-10-5-13/h13-14H,2-12H2,1H3. The monoisotopic (exact) mass is 261 g/mol. The Kier molecular flexibility index (Phi) is 10.2. The minimum Gasteiger partial charge on any atom is -0.381 e. The zero-order chi connectivity index (χ0) is 12.2. The highest BCUT2D eigenvalue weighted by Crippen LogP contribution is 2.21. The fourth-order valence-electron chi connectivity index (χ4n) is 1.76. The molecular weight excluding hydrogens is 234 g/mol. The summed E-state index contributed by atoms with van der Waals surface area (Å²) >= 11 is 2.09. The zero-order valence-corrected chi connectivity index (χ0v) is 11.9. The molecule has 0 aromatic heterocycles. The number of nitrogens with one attached hydrogen (secondary N) is 1. The number of rotatable bonds is 10. The fraction of sp³-hybridized carbons (Fsp3) is 1.00. The van der Waals surface area contributed by atoms with Gasteiger partial charge in [0.05, 0.1) is 6.61 Å². The van der Waals surface area contributed by atoms with E-state index < -0.39 is 0 Å². The van der Waals surface area contributed by atoms with E-state index in [-0.39, 0.29) is 0 Å². The molecule has 0 aromatic rings. The number of hydrogen-bond donors (Lipinski definition) is 1. The van der Waals surface area contributed by atoms with Crippen LogP contribution in [0.25, 0.3) is 0 Å². The number of thioether (sulfide) groups is 1. The van der Waals surface area contributed by atoms with Gasteiger partial charge in [0, 0.05) is 43.9 Å². The van der Waals surface area contributed by atoms with Crippen molar-refractivity contribution in [3.63, 3.8) is 0 Å². The van der Waals surface area contributed by atoms with Crippen LogP contribution >= 0.6 is 11.8 Å². The van der Waals surface area contributed by atoms with E-state index in [1.165, 1.54) is 31.4 Å². The van der Waals surface area contributed by atoms with Gasteiger partial charge in [-0.1, -0.05) is 13.3 Å². The van der Waals surface area contributed by atoms with Crippen LogP contribution in [0.1, 0.15) is 32.6 Å². The Labute approximate surface area is 110 Å². The molecular formula is C13H27NO2S. The van der Waals surface area contributed by atoms with Gasteiger partial charge in [-0.15, -0.1) is 0 Å². The van der Waals surface area contributed by atoms with Gasteiger partial charge in [0.1, 0.15) is 0 Å². The first-order valence-corrected chi connectivity index (χ1v) is 7.96. The molecule has 1 rings (SSSR count). The molecule has 0 radical (unpaired) electrons. The Morgan fingerprint density at radius 1 is 1.24 bits per heavy atom. The molecule has 0 aliphatic carbocycles. The molecule has 4 heteroatoms. The third-order valence-electron chi connectivity index (χ3n) is 2.87. The van der Waals surface area contributed by atoms with Gasteiger partial charge in [0.15, 0.2) is 0 Å². The maximum Gasteiger partial charge on any atom is 0.0590 e. The van der Waals surface area contributed by atoms with E-state index in [0.29, 0.717) is 0 Å². The average Bonchev–Trinajstić information content (AvgIpc) is 2.38. The lowest BCUT2D eigenvalue weighted by Crippen LogP contribution is -2.24. The quantitative estimate of drug-likeness (QED) is 0.611. The highest BCUT2D eigenvalue weighted by Gasteiger charge is 2.13. The topological polar surface area (TPSA) is 30.5 Å². The Hall–Kier alpha value is 0.230. The molecule has 1 N–H and O–H groups in total. The molecule has 1 fully saturated rings. The molecule has 0 spiro atoms. The predicted octanol–water partition coefficient (Wildman–Crippen LogP) is 2.30. The summed E-state index contributed by atoms with van der Waals surface area (Å²) in [6, 6.07) is 0. The largest absolute Gasteiger partial charge is 0.381 e. The van der Waals surface area contributed by atoms with E-state index >= 15 is 0 Å². The lowest BCUT2D eigenvalue weighted by molar-refractivity contribution is 0.100. The molecule has 3 nitrogen and oxygen atoms in total. The van der Waals surface area contributed by atoms with Crippen LogP contribution in [0.2, 0.25) is 0 Å². The average molecular weight is 261 g/mol. The summed E-state index contributed by atoms with van der Waals surface area (Å²) in [4.78, 5) is 0. The fourth-order valence-corrected chi connectivity index (χ4v) is 2.88. The van der Waals surface area contributed by atoms with Crippen LogP contribution in [0, 0.1) is 0 Å². The number of hydrogen-bond acceptors (Lipinski definition) is 4. The molecule has 102 valence electrons. The summed E-state index contributed by atoms with van der Waals surface area (Å²) in [7, 11) is 0. The van der Waals surface area contributed by atoms with Crippen LogP contribution in [0.3, 0.4) is 0 Å². The van der Waals surface area contributed by atoms with Gasteiger partial charge in [0.2, 0.25) is 0 Å². The van der Waals surface area contributed by atoms with Gasteiger partial charge in [-0.3, -0.25) is 0 Å². The second-order valence-corrected chi connectivity index (χ2v) is 5.81. The molecule has 1 heterocycles. The maximum absolute atomic E-state index is 5.48. The first-order valence-electron chi connectivity index (χ1n) is 6.91. The minimum absolute atomic E-state index is 0.825. The third-order valence-corrected chi connectivity index (χ3v) is 4.25. The Bertz CT molecular complexity index is 163. The second-order valence-electron chi connectivity index (χ2n) is 4.40. The Morgan fingerprint density at radius 3 is 2.82 bits per heavy atom. The van der Waals surface area contributed by atoms with Crippen LogP contribution in [-0.2, 0) is 9.47 Å². The summed E-state index contributed by atoms with van der Waals surface area (Å²) in [5.74, 6) is 1.21. The van der Waals surface area contributed by atoms with E-state index in [2.05, 4.69) is 24.0 Å². The highest BCUT2D eigenvalue weighted by atomic mass is 32.2. The SMILES string of the molecule is CCCCOCCNCCSC1CCOCC1. The van der Waals surface area contributed by atoms with E-state index in [4.69, 9.17) is 9.47 Å².